The van der Waals surface area contributed by atoms with Crippen LogP contribution < -0.4 is 15.0 Å². The van der Waals surface area contributed by atoms with Crippen LogP contribution in [0.4, 0.5) is 0 Å². The van der Waals surface area contributed by atoms with Crippen molar-refractivity contribution in [2.45, 2.75) is 13.5 Å². The Labute approximate surface area is 162 Å². The number of aromatic nitrogens is 3. The summed E-state index contributed by atoms with van der Waals surface area (Å²) < 4.78 is 14.0. The number of ether oxygens (including phenoxy) is 2. The summed E-state index contributed by atoms with van der Waals surface area (Å²) in [5, 5.41) is 4.54. The molecule has 0 atom stereocenters. The van der Waals surface area contributed by atoms with E-state index in [1.54, 1.807) is 28.6 Å². The lowest BCUT2D eigenvalue weighted by Gasteiger charge is -2.07. The second kappa shape index (κ2) is 7.60. The molecule has 0 fully saturated rings. The minimum absolute atomic E-state index is 0.0880. The van der Waals surface area contributed by atoms with Gasteiger partial charge in [-0.3, -0.25) is 4.79 Å². The van der Waals surface area contributed by atoms with Crippen molar-refractivity contribution in [1.82, 2.24) is 14.2 Å². The molecule has 2 heterocycles. The van der Waals surface area contributed by atoms with Crippen LogP contribution in [0.25, 0.3) is 16.8 Å². The van der Waals surface area contributed by atoms with Crippen LogP contribution in [0.5, 0.6) is 11.5 Å². The van der Waals surface area contributed by atoms with E-state index in [-0.39, 0.29) is 5.56 Å². The maximum Gasteiger partial charge on any atom is 0.276 e. The molecule has 0 unspecified atom stereocenters. The van der Waals surface area contributed by atoms with Crippen molar-refractivity contribution in [2.75, 3.05) is 13.7 Å². The first kappa shape index (κ1) is 17.9. The van der Waals surface area contributed by atoms with Crippen LogP contribution in [0, 0.1) is 0 Å². The summed E-state index contributed by atoms with van der Waals surface area (Å²) in [6, 6.07) is 17.2. The zero-order chi connectivity index (χ0) is 19.5. The number of methoxy groups -OCH3 is 1. The number of nitrogens with zero attached hydrogens (tertiary/aromatic N) is 3. The van der Waals surface area contributed by atoms with E-state index in [0.717, 1.165) is 28.3 Å². The Balaban J connectivity index is 1.66. The topological polar surface area (TPSA) is 57.8 Å². The Bertz CT molecular complexity index is 1160. The fourth-order valence-electron chi connectivity index (χ4n) is 3.15. The van der Waals surface area contributed by atoms with Crippen LogP contribution in [0.2, 0.25) is 0 Å². The van der Waals surface area contributed by atoms with Gasteiger partial charge in [0.2, 0.25) is 0 Å². The Kier molecular flexibility index (Phi) is 4.85. The minimum atomic E-state index is -0.0880. The maximum atomic E-state index is 12.9. The van der Waals surface area contributed by atoms with Crippen molar-refractivity contribution >= 4 is 5.52 Å². The molecule has 0 bridgehead atoms. The van der Waals surface area contributed by atoms with E-state index < -0.39 is 0 Å². The second-order valence-corrected chi connectivity index (χ2v) is 6.40. The summed E-state index contributed by atoms with van der Waals surface area (Å²) in [7, 11) is 1.63. The zero-order valence-electron chi connectivity index (χ0n) is 15.8. The highest BCUT2D eigenvalue weighted by atomic mass is 16.5. The average molecular weight is 375 g/mol. The summed E-state index contributed by atoms with van der Waals surface area (Å²) in [6.07, 6.45) is 3.55. The third-order valence-corrected chi connectivity index (χ3v) is 4.55. The Morgan fingerprint density at radius 3 is 2.57 bits per heavy atom. The summed E-state index contributed by atoms with van der Waals surface area (Å²) in [5.74, 6) is 1.59. The number of hydrogen-bond donors (Lipinski definition) is 0. The Hall–Kier alpha value is -3.54. The lowest BCUT2D eigenvalue weighted by atomic mass is 10.1. The van der Waals surface area contributed by atoms with Gasteiger partial charge >= 0.3 is 0 Å². The van der Waals surface area contributed by atoms with E-state index in [4.69, 9.17) is 9.47 Å². The molecular formula is C22H21N3O3. The van der Waals surface area contributed by atoms with Crippen molar-refractivity contribution < 1.29 is 9.47 Å². The van der Waals surface area contributed by atoms with Crippen molar-refractivity contribution in [1.29, 1.82) is 0 Å². The van der Waals surface area contributed by atoms with Gasteiger partial charge in [-0.2, -0.15) is 5.10 Å². The van der Waals surface area contributed by atoms with Crippen molar-refractivity contribution in [3.63, 3.8) is 0 Å². The molecule has 6 nitrogen and oxygen atoms in total. The Morgan fingerprint density at radius 2 is 1.82 bits per heavy atom. The highest BCUT2D eigenvalue weighted by Gasteiger charge is 2.10. The minimum Gasteiger partial charge on any atom is -0.497 e. The van der Waals surface area contributed by atoms with Crippen LogP contribution in [0.15, 0.2) is 71.8 Å². The third-order valence-electron chi connectivity index (χ3n) is 4.55. The fourth-order valence-corrected chi connectivity index (χ4v) is 3.15. The number of hydrogen-bond acceptors (Lipinski definition) is 4. The van der Waals surface area contributed by atoms with Crippen LogP contribution in [0.3, 0.4) is 0 Å². The molecule has 142 valence electrons. The number of benzene rings is 2. The maximum absolute atomic E-state index is 12.9. The average Bonchev–Trinajstić information content (AvgIpc) is 3.16. The van der Waals surface area contributed by atoms with Gasteiger partial charge in [0, 0.05) is 18.0 Å². The van der Waals surface area contributed by atoms with Gasteiger partial charge in [-0.05, 0) is 55.0 Å². The predicted molar refractivity (Wildman–Crippen MR) is 108 cm³/mol. The summed E-state index contributed by atoms with van der Waals surface area (Å²) >= 11 is 0. The van der Waals surface area contributed by atoms with Gasteiger partial charge in [0.05, 0.1) is 26.0 Å². The first-order valence-corrected chi connectivity index (χ1v) is 9.13. The van der Waals surface area contributed by atoms with E-state index in [9.17, 15) is 4.79 Å². The van der Waals surface area contributed by atoms with E-state index in [1.807, 2.05) is 61.5 Å². The fraction of sp³-hybridized carbons (Fsp3) is 0.182. The molecular weight excluding hydrogens is 354 g/mol. The van der Waals surface area contributed by atoms with Crippen molar-refractivity contribution in [3.05, 3.63) is 82.9 Å². The van der Waals surface area contributed by atoms with E-state index in [1.165, 1.54) is 0 Å². The molecule has 6 heteroatoms. The first-order chi connectivity index (χ1) is 13.7. The number of fused-ring (bicyclic) bond motifs is 1. The monoisotopic (exact) mass is 375 g/mol. The zero-order valence-corrected chi connectivity index (χ0v) is 15.8. The molecule has 2 aromatic carbocycles. The molecule has 0 amide bonds. The van der Waals surface area contributed by atoms with Gasteiger partial charge in [0.1, 0.15) is 17.0 Å². The molecule has 0 saturated heterocycles. The van der Waals surface area contributed by atoms with Gasteiger partial charge in [-0.1, -0.05) is 12.1 Å². The molecule has 0 aliphatic rings. The van der Waals surface area contributed by atoms with Gasteiger partial charge in [-0.15, -0.1) is 0 Å². The van der Waals surface area contributed by atoms with Gasteiger partial charge in [0.25, 0.3) is 5.56 Å². The quantitative estimate of drug-likeness (QED) is 0.516. The van der Waals surface area contributed by atoms with Crippen LogP contribution >= 0.6 is 0 Å². The van der Waals surface area contributed by atoms with Crippen LogP contribution in [-0.4, -0.2) is 27.9 Å². The van der Waals surface area contributed by atoms with E-state index in [2.05, 4.69) is 5.10 Å². The molecule has 0 spiro atoms. The Morgan fingerprint density at radius 1 is 1.00 bits per heavy atom. The summed E-state index contributed by atoms with van der Waals surface area (Å²) in [5.41, 5.74) is 3.13. The number of rotatable bonds is 6. The molecule has 4 rings (SSSR count). The third kappa shape index (κ3) is 3.49. The van der Waals surface area contributed by atoms with Gasteiger partial charge < -0.3 is 14.0 Å². The SMILES string of the molecule is CCOc1ccc(-c2cc3c(=O)n(Cc4cccc(OC)c4)ccn3n2)cc1. The van der Waals surface area contributed by atoms with Crippen molar-refractivity contribution in [2.24, 2.45) is 0 Å². The highest BCUT2D eigenvalue weighted by molar-refractivity contribution is 5.66. The molecule has 0 saturated carbocycles. The van der Waals surface area contributed by atoms with Gasteiger partial charge in [-0.25, -0.2) is 4.52 Å². The summed E-state index contributed by atoms with van der Waals surface area (Å²) in [6.45, 7) is 3.04. The molecule has 0 N–H and O–H groups in total. The predicted octanol–water partition coefficient (Wildman–Crippen LogP) is 3.62. The van der Waals surface area contributed by atoms with E-state index >= 15 is 0 Å². The lowest BCUT2D eigenvalue weighted by Crippen LogP contribution is -2.21. The standard InChI is InChI=1S/C22H21N3O3/c1-3-28-18-9-7-17(8-10-18)20-14-21-22(26)24(11-12-25(21)23-20)15-16-5-4-6-19(13-16)27-2/h4-14H,3,15H2,1-2H3. The highest BCUT2D eigenvalue weighted by Crippen LogP contribution is 2.22. The smallest absolute Gasteiger partial charge is 0.276 e. The molecule has 28 heavy (non-hydrogen) atoms. The molecule has 0 aliphatic carbocycles. The molecule has 0 aliphatic heterocycles. The first-order valence-electron chi connectivity index (χ1n) is 9.13. The van der Waals surface area contributed by atoms with Crippen LogP contribution in [-0.2, 0) is 6.54 Å². The van der Waals surface area contributed by atoms with Gasteiger partial charge in [0.15, 0.2) is 0 Å². The molecule has 0 radical (unpaired) electrons. The second-order valence-electron chi connectivity index (χ2n) is 6.40. The molecule has 2 aromatic heterocycles. The molecule has 4 aromatic rings. The summed E-state index contributed by atoms with van der Waals surface area (Å²) in [4.78, 5) is 12.9. The largest absolute Gasteiger partial charge is 0.497 e. The van der Waals surface area contributed by atoms with E-state index in [0.29, 0.717) is 18.7 Å². The van der Waals surface area contributed by atoms with Crippen LogP contribution in [0.1, 0.15) is 12.5 Å². The normalized spacial score (nSPS) is 10.9. The lowest BCUT2D eigenvalue weighted by molar-refractivity contribution is 0.340. The van der Waals surface area contributed by atoms with Crippen molar-refractivity contribution in [3.8, 4) is 22.8 Å².